The minimum Gasteiger partial charge on any atom is -0.345 e. The number of carbonyl (C=O) groups is 1. The second-order valence-corrected chi connectivity index (χ2v) is 2.31. The Kier molecular flexibility index (Phi) is 3.51. The summed E-state index contributed by atoms with van der Waals surface area (Å²) >= 11 is 0. The van der Waals surface area contributed by atoms with Crippen LogP contribution in [0.3, 0.4) is 0 Å². The molecule has 0 spiro atoms. The van der Waals surface area contributed by atoms with Crippen molar-refractivity contribution in [3.05, 3.63) is 12.2 Å². The first-order valence-electron chi connectivity index (χ1n) is 3.87. The topological polar surface area (TPSA) is 70.7 Å². The molecule has 0 aliphatic heterocycles. The number of hydrogen-bond acceptors (Lipinski definition) is 3. The van der Waals surface area contributed by atoms with E-state index >= 15 is 0 Å². The third kappa shape index (κ3) is 3.38. The van der Waals surface area contributed by atoms with Crippen LogP contribution in [0.2, 0.25) is 0 Å². The lowest BCUT2D eigenvalue weighted by Gasteiger charge is -1.96. The van der Waals surface area contributed by atoms with E-state index in [1.54, 1.807) is 6.92 Å². The predicted octanol–water partition coefficient (Wildman–Crippen LogP) is -0.513. The molecule has 0 aromatic carbocycles. The number of amides is 1. The summed E-state index contributed by atoms with van der Waals surface area (Å²) in [6, 6.07) is 0. The molecule has 68 valence electrons. The van der Waals surface area contributed by atoms with Gasteiger partial charge in [-0.25, -0.2) is 4.98 Å². The summed E-state index contributed by atoms with van der Waals surface area (Å²) < 4.78 is 0. The molecule has 1 aromatic heterocycles. The van der Waals surface area contributed by atoms with Crippen molar-refractivity contribution in [1.29, 1.82) is 0 Å². The molecule has 0 saturated heterocycles. The Morgan fingerprint density at radius 2 is 2.62 bits per heavy atom. The largest absolute Gasteiger partial charge is 0.345 e. The summed E-state index contributed by atoms with van der Waals surface area (Å²) in [7, 11) is 0. The third-order valence-electron chi connectivity index (χ3n) is 1.35. The van der Waals surface area contributed by atoms with Crippen LogP contribution in [0.15, 0.2) is 6.33 Å². The molecule has 0 aliphatic rings. The highest BCUT2D eigenvalue weighted by Crippen LogP contribution is 1.84. The molecule has 0 unspecified atom stereocenters. The lowest BCUT2D eigenvalue weighted by atomic mass is 10.4. The summed E-state index contributed by atoms with van der Waals surface area (Å²) in [4.78, 5) is 14.7. The standard InChI is InChI=1S/C8H10N4O/c1-2-3-8(13)9-5-4-7-10-6-11-12-7/h6H,4-5H2,1H3,(H,9,13)(H,10,11,12). The number of nitrogens with one attached hydrogen (secondary N) is 2. The Hall–Kier alpha value is -1.83. The van der Waals surface area contributed by atoms with Gasteiger partial charge in [0.25, 0.3) is 5.91 Å². The van der Waals surface area contributed by atoms with Crippen LogP contribution in [-0.2, 0) is 11.2 Å². The van der Waals surface area contributed by atoms with Crippen LogP contribution in [0.4, 0.5) is 0 Å². The van der Waals surface area contributed by atoms with Gasteiger partial charge in [-0.15, -0.1) is 0 Å². The van der Waals surface area contributed by atoms with Gasteiger partial charge in [0.15, 0.2) is 0 Å². The minimum absolute atomic E-state index is 0.262. The maximum atomic E-state index is 10.8. The first kappa shape index (κ1) is 9.26. The normalized spacial score (nSPS) is 8.69. The van der Waals surface area contributed by atoms with Crippen molar-refractivity contribution in [2.75, 3.05) is 6.54 Å². The van der Waals surface area contributed by atoms with Crippen molar-refractivity contribution in [3.63, 3.8) is 0 Å². The van der Waals surface area contributed by atoms with Gasteiger partial charge in [0.1, 0.15) is 12.2 Å². The van der Waals surface area contributed by atoms with Crippen LogP contribution in [0.5, 0.6) is 0 Å². The number of H-pyrrole nitrogens is 1. The smallest absolute Gasteiger partial charge is 0.295 e. The molecule has 0 bridgehead atoms. The second kappa shape index (κ2) is 4.93. The monoisotopic (exact) mass is 178 g/mol. The van der Waals surface area contributed by atoms with Crippen LogP contribution in [0.25, 0.3) is 0 Å². The maximum Gasteiger partial charge on any atom is 0.295 e. The van der Waals surface area contributed by atoms with E-state index in [4.69, 9.17) is 0 Å². The van der Waals surface area contributed by atoms with E-state index in [-0.39, 0.29) is 5.91 Å². The van der Waals surface area contributed by atoms with Gasteiger partial charge >= 0.3 is 0 Å². The summed E-state index contributed by atoms with van der Waals surface area (Å²) in [5.41, 5.74) is 0. The van der Waals surface area contributed by atoms with Gasteiger partial charge in [0.2, 0.25) is 0 Å². The van der Waals surface area contributed by atoms with Crippen LogP contribution in [-0.4, -0.2) is 27.6 Å². The molecule has 1 heterocycles. The van der Waals surface area contributed by atoms with E-state index in [0.717, 1.165) is 5.82 Å². The molecular weight excluding hydrogens is 168 g/mol. The predicted molar refractivity (Wildman–Crippen MR) is 46.5 cm³/mol. The zero-order chi connectivity index (χ0) is 9.52. The van der Waals surface area contributed by atoms with Gasteiger partial charge in [0.05, 0.1) is 0 Å². The highest BCUT2D eigenvalue weighted by atomic mass is 16.1. The van der Waals surface area contributed by atoms with Crippen molar-refractivity contribution >= 4 is 5.91 Å². The average molecular weight is 178 g/mol. The summed E-state index contributed by atoms with van der Waals surface area (Å²) in [6.07, 6.45) is 2.07. The summed E-state index contributed by atoms with van der Waals surface area (Å²) in [5, 5.41) is 9.00. The van der Waals surface area contributed by atoms with Gasteiger partial charge < -0.3 is 5.32 Å². The van der Waals surface area contributed by atoms with Crippen LogP contribution < -0.4 is 5.32 Å². The van der Waals surface area contributed by atoms with Gasteiger partial charge in [-0.05, 0) is 12.8 Å². The quantitative estimate of drug-likeness (QED) is 0.612. The molecule has 1 aromatic rings. The molecule has 2 N–H and O–H groups in total. The van der Waals surface area contributed by atoms with Gasteiger partial charge in [-0.1, -0.05) is 5.92 Å². The van der Waals surface area contributed by atoms with E-state index in [0.29, 0.717) is 13.0 Å². The Labute approximate surface area is 75.9 Å². The van der Waals surface area contributed by atoms with Crippen LogP contribution in [0.1, 0.15) is 12.7 Å². The molecule has 13 heavy (non-hydrogen) atoms. The third-order valence-corrected chi connectivity index (χ3v) is 1.35. The van der Waals surface area contributed by atoms with Gasteiger partial charge in [-0.2, -0.15) is 5.10 Å². The number of aromatic amines is 1. The summed E-state index contributed by atoms with van der Waals surface area (Å²) in [5.74, 6) is 5.39. The van der Waals surface area contributed by atoms with Crippen molar-refractivity contribution in [2.24, 2.45) is 0 Å². The second-order valence-electron chi connectivity index (χ2n) is 2.31. The number of carbonyl (C=O) groups excluding carboxylic acids is 1. The van der Waals surface area contributed by atoms with E-state index < -0.39 is 0 Å². The van der Waals surface area contributed by atoms with Crippen molar-refractivity contribution in [2.45, 2.75) is 13.3 Å². The lowest BCUT2D eigenvalue weighted by Crippen LogP contribution is -2.24. The Morgan fingerprint density at radius 1 is 1.77 bits per heavy atom. The highest BCUT2D eigenvalue weighted by Gasteiger charge is 1.97. The molecule has 0 saturated carbocycles. The minimum atomic E-state index is -0.262. The van der Waals surface area contributed by atoms with Crippen LogP contribution >= 0.6 is 0 Å². The number of hydrogen-bond donors (Lipinski definition) is 2. The SMILES string of the molecule is CC#CC(=O)NCCc1ncn[nH]1. The number of aromatic nitrogens is 3. The molecule has 0 atom stereocenters. The summed E-state index contributed by atoms with van der Waals surface area (Å²) in [6.45, 7) is 2.14. The van der Waals surface area contributed by atoms with E-state index in [1.807, 2.05) is 0 Å². The van der Waals surface area contributed by atoms with Crippen molar-refractivity contribution in [3.8, 4) is 11.8 Å². The molecule has 1 rings (SSSR count). The Morgan fingerprint density at radius 3 is 3.23 bits per heavy atom. The first-order chi connectivity index (χ1) is 6.33. The molecule has 5 heteroatoms. The van der Waals surface area contributed by atoms with Crippen molar-refractivity contribution in [1.82, 2.24) is 20.5 Å². The average Bonchev–Trinajstić information content (AvgIpc) is 2.57. The fraction of sp³-hybridized carbons (Fsp3) is 0.375. The Bertz CT molecular complexity index is 320. The Balaban J connectivity index is 2.20. The number of nitrogens with zero attached hydrogens (tertiary/aromatic N) is 2. The van der Waals surface area contributed by atoms with E-state index in [9.17, 15) is 4.79 Å². The molecule has 0 fully saturated rings. The van der Waals surface area contributed by atoms with Gasteiger partial charge in [-0.3, -0.25) is 9.89 Å². The molecule has 0 radical (unpaired) electrons. The zero-order valence-electron chi connectivity index (χ0n) is 7.29. The molecule has 5 nitrogen and oxygen atoms in total. The number of rotatable bonds is 3. The highest BCUT2D eigenvalue weighted by molar-refractivity contribution is 5.93. The van der Waals surface area contributed by atoms with E-state index in [2.05, 4.69) is 32.3 Å². The zero-order valence-corrected chi connectivity index (χ0v) is 7.29. The molecule has 1 amide bonds. The fourth-order valence-corrected chi connectivity index (χ4v) is 0.803. The first-order valence-corrected chi connectivity index (χ1v) is 3.87. The van der Waals surface area contributed by atoms with Gasteiger partial charge in [0, 0.05) is 13.0 Å². The molecular formula is C8H10N4O. The van der Waals surface area contributed by atoms with Crippen LogP contribution in [0, 0.1) is 11.8 Å². The van der Waals surface area contributed by atoms with Crippen molar-refractivity contribution < 1.29 is 4.79 Å². The maximum absolute atomic E-state index is 10.8. The fourth-order valence-electron chi connectivity index (χ4n) is 0.803. The van der Waals surface area contributed by atoms with E-state index in [1.165, 1.54) is 6.33 Å². The lowest BCUT2D eigenvalue weighted by molar-refractivity contribution is -0.115. The molecule has 0 aliphatic carbocycles.